The van der Waals surface area contributed by atoms with E-state index >= 15 is 0 Å². The van der Waals surface area contributed by atoms with Crippen molar-refractivity contribution in [2.45, 2.75) is 19.8 Å². The third-order valence-corrected chi connectivity index (χ3v) is 2.09. The molecule has 1 rings (SSSR count). The molecule has 0 heterocycles. The van der Waals surface area contributed by atoms with Crippen LogP contribution >= 0.6 is 0 Å². The van der Waals surface area contributed by atoms with Crippen LogP contribution in [0.25, 0.3) is 0 Å². The topological polar surface area (TPSA) is 26.3 Å². The van der Waals surface area contributed by atoms with Gasteiger partial charge >= 0.3 is 0 Å². The second kappa shape index (κ2) is 4.22. The van der Waals surface area contributed by atoms with Crippen LogP contribution in [0, 0.1) is 5.82 Å². The van der Waals surface area contributed by atoms with E-state index in [9.17, 15) is 9.18 Å². The lowest BCUT2D eigenvalue weighted by Crippen LogP contribution is -1.98. The van der Waals surface area contributed by atoms with Crippen molar-refractivity contribution in [2.24, 2.45) is 0 Å². The molecule has 0 aliphatic carbocycles. The van der Waals surface area contributed by atoms with Gasteiger partial charge in [-0.1, -0.05) is 13.8 Å². The van der Waals surface area contributed by atoms with Gasteiger partial charge in [0, 0.05) is 0 Å². The number of carbonyl (C=O) groups excluding carboxylic acids is 1. The van der Waals surface area contributed by atoms with Crippen molar-refractivity contribution in [1.29, 1.82) is 0 Å². The Balaban J connectivity index is 3.31. The summed E-state index contributed by atoms with van der Waals surface area (Å²) in [4.78, 5) is 10.7. The van der Waals surface area contributed by atoms with Gasteiger partial charge in [-0.15, -0.1) is 0 Å². The summed E-state index contributed by atoms with van der Waals surface area (Å²) in [5.41, 5.74) is 1.06. The molecule has 2 nitrogen and oxygen atoms in total. The summed E-state index contributed by atoms with van der Waals surface area (Å²) in [6, 6.07) is 3.05. The molecule has 0 aliphatic heterocycles. The second-order valence-electron chi connectivity index (χ2n) is 3.40. The van der Waals surface area contributed by atoms with Gasteiger partial charge in [-0.3, -0.25) is 4.79 Å². The maximum atomic E-state index is 13.4. The van der Waals surface area contributed by atoms with Gasteiger partial charge in [-0.2, -0.15) is 0 Å². The zero-order chi connectivity index (χ0) is 10.7. The van der Waals surface area contributed by atoms with Gasteiger partial charge in [0.15, 0.2) is 17.9 Å². The van der Waals surface area contributed by atoms with Crippen LogP contribution in [-0.4, -0.2) is 13.4 Å². The van der Waals surface area contributed by atoms with Gasteiger partial charge in [-0.25, -0.2) is 4.39 Å². The number of aldehydes is 1. The number of hydrogen-bond acceptors (Lipinski definition) is 2. The Bertz CT molecular complexity index is 345. The Morgan fingerprint density at radius 3 is 2.50 bits per heavy atom. The average molecular weight is 196 g/mol. The molecule has 0 aliphatic rings. The number of halogens is 1. The number of benzene rings is 1. The molecular weight excluding hydrogens is 183 g/mol. The molecule has 0 radical (unpaired) electrons. The minimum atomic E-state index is -0.485. The van der Waals surface area contributed by atoms with Crippen LogP contribution in [-0.2, 0) is 0 Å². The largest absolute Gasteiger partial charge is 0.493 e. The minimum Gasteiger partial charge on any atom is -0.493 e. The van der Waals surface area contributed by atoms with Crippen LogP contribution in [0.5, 0.6) is 5.75 Å². The van der Waals surface area contributed by atoms with E-state index in [2.05, 4.69) is 0 Å². The maximum Gasteiger partial charge on any atom is 0.166 e. The fraction of sp³-hybridized carbons (Fsp3) is 0.364. The lowest BCUT2D eigenvalue weighted by atomic mass is 10.0. The Morgan fingerprint density at radius 1 is 1.43 bits per heavy atom. The van der Waals surface area contributed by atoms with E-state index in [1.165, 1.54) is 13.2 Å². The van der Waals surface area contributed by atoms with Crippen molar-refractivity contribution in [3.05, 3.63) is 29.1 Å². The summed E-state index contributed by atoms with van der Waals surface area (Å²) in [7, 11) is 1.35. The van der Waals surface area contributed by atoms with Crippen molar-refractivity contribution < 1.29 is 13.9 Å². The van der Waals surface area contributed by atoms with Crippen molar-refractivity contribution in [3.63, 3.8) is 0 Å². The summed E-state index contributed by atoms with van der Waals surface area (Å²) < 4.78 is 18.2. The van der Waals surface area contributed by atoms with Crippen LogP contribution in [0.4, 0.5) is 4.39 Å². The molecule has 0 spiro atoms. The molecule has 0 atom stereocenters. The van der Waals surface area contributed by atoms with Crippen LogP contribution in [0.2, 0.25) is 0 Å². The molecule has 0 fully saturated rings. The molecule has 0 aromatic heterocycles. The second-order valence-corrected chi connectivity index (χ2v) is 3.40. The molecule has 76 valence electrons. The molecule has 0 amide bonds. The summed E-state index contributed by atoms with van der Waals surface area (Å²) >= 11 is 0. The molecule has 0 saturated carbocycles. The first-order valence-corrected chi connectivity index (χ1v) is 4.42. The highest BCUT2D eigenvalue weighted by atomic mass is 19.1. The Kier molecular flexibility index (Phi) is 3.23. The summed E-state index contributed by atoms with van der Waals surface area (Å²) in [5.74, 6) is -0.278. The first kappa shape index (κ1) is 10.7. The zero-order valence-electron chi connectivity index (χ0n) is 8.50. The summed E-state index contributed by atoms with van der Waals surface area (Å²) in [6.45, 7) is 3.88. The molecule has 0 unspecified atom stereocenters. The normalized spacial score (nSPS) is 10.4. The third-order valence-electron chi connectivity index (χ3n) is 2.09. The predicted molar refractivity (Wildman–Crippen MR) is 52.4 cm³/mol. The third kappa shape index (κ3) is 1.92. The molecule has 0 N–H and O–H groups in total. The van der Waals surface area contributed by atoms with Gasteiger partial charge in [0.25, 0.3) is 0 Å². The number of carbonyl (C=O) groups is 1. The van der Waals surface area contributed by atoms with Crippen LogP contribution in [0.3, 0.4) is 0 Å². The summed E-state index contributed by atoms with van der Waals surface area (Å²) in [5, 5.41) is 0. The minimum absolute atomic E-state index is 0.0180. The Hall–Kier alpha value is -1.38. The Morgan fingerprint density at radius 2 is 2.07 bits per heavy atom. The van der Waals surface area contributed by atoms with E-state index < -0.39 is 5.82 Å². The Labute approximate surface area is 82.7 Å². The summed E-state index contributed by atoms with van der Waals surface area (Å²) in [6.07, 6.45) is 0.605. The maximum absolute atomic E-state index is 13.4. The van der Waals surface area contributed by atoms with Crippen LogP contribution in [0.1, 0.15) is 35.7 Å². The molecule has 0 bridgehead atoms. The quantitative estimate of drug-likeness (QED) is 0.695. The first-order chi connectivity index (χ1) is 6.60. The van der Waals surface area contributed by atoms with Crippen LogP contribution in [0.15, 0.2) is 12.1 Å². The highest BCUT2D eigenvalue weighted by molar-refractivity contribution is 5.79. The van der Waals surface area contributed by atoms with E-state index in [4.69, 9.17) is 4.74 Å². The van der Waals surface area contributed by atoms with E-state index in [-0.39, 0.29) is 17.2 Å². The molecule has 1 aromatic carbocycles. The number of methoxy groups -OCH3 is 1. The fourth-order valence-corrected chi connectivity index (χ4v) is 1.27. The first-order valence-electron chi connectivity index (χ1n) is 4.42. The van der Waals surface area contributed by atoms with Gasteiger partial charge < -0.3 is 4.74 Å². The number of rotatable bonds is 3. The lowest BCUT2D eigenvalue weighted by molar-refractivity contribution is 0.111. The van der Waals surface area contributed by atoms with E-state index in [0.29, 0.717) is 6.29 Å². The molecule has 14 heavy (non-hydrogen) atoms. The monoisotopic (exact) mass is 196 g/mol. The number of ether oxygens (including phenoxy) is 1. The zero-order valence-corrected chi connectivity index (χ0v) is 8.50. The van der Waals surface area contributed by atoms with Gasteiger partial charge in [0.2, 0.25) is 0 Å². The molecule has 3 heteroatoms. The van der Waals surface area contributed by atoms with Crippen molar-refractivity contribution in [1.82, 2.24) is 0 Å². The SMILES string of the molecule is COc1c(F)cc(C(C)C)cc1C=O. The van der Waals surface area contributed by atoms with E-state index in [1.807, 2.05) is 13.8 Å². The van der Waals surface area contributed by atoms with Gasteiger partial charge in [0.1, 0.15) is 0 Å². The standard InChI is InChI=1S/C11H13FO2/c1-7(2)8-4-9(6-13)11(14-3)10(12)5-8/h4-7H,1-3H3. The van der Waals surface area contributed by atoms with E-state index in [0.717, 1.165) is 5.56 Å². The van der Waals surface area contributed by atoms with Crippen molar-refractivity contribution in [2.75, 3.05) is 7.11 Å². The average Bonchev–Trinajstić information content (AvgIpc) is 2.16. The number of hydrogen-bond donors (Lipinski definition) is 0. The predicted octanol–water partition coefficient (Wildman–Crippen LogP) is 2.77. The van der Waals surface area contributed by atoms with E-state index in [1.54, 1.807) is 6.07 Å². The van der Waals surface area contributed by atoms with Crippen molar-refractivity contribution >= 4 is 6.29 Å². The highest BCUT2D eigenvalue weighted by Crippen LogP contribution is 2.26. The van der Waals surface area contributed by atoms with Crippen molar-refractivity contribution in [3.8, 4) is 5.75 Å². The smallest absolute Gasteiger partial charge is 0.166 e. The van der Waals surface area contributed by atoms with Gasteiger partial charge in [-0.05, 0) is 23.6 Å². The highest BCUT2D eigenvalue weighted by Gasteiger charge is 2.12. The fourth-order valence-electron chi connectivity index (χ4n) is 1.27. The lowest BCUT2D eigenvalue weighted by Gasteiger charge is -2.10. The van der Waals surface area contributed by atoms with Gasteiger partial charge in [0.05, 0.1) is 12.7 Å². The molecule has 0 saturated heterocycles. The van der Waals surface area contributed by atoms with Crippen LogP contribution < -0.4 is 4.74 Å². The molecule has 1 aromatic rings. The molecular formula is C11H13FO2.